The predicted molar refractivity (Wildman–Crippen MR) is 18.9 cm³/mol. The molecular formula is H4CaO3SiY. The molecule has 31 valence electrons. The normalized spacial score (nSPS) is 4.00. The minimum absolute atomic E-state index is 0. The molecule has 0 aromatic rings. The fourth-order valence-electron chi connectivity index (χ4n) is 0. The van der Waals surface area contributed by atoms with Crippen LogP contribution in [0.2, 0.25) is 0 Å². The van der Waals surface area contributed by atoms with Gasteiger partial charge in [-0.1, -0.05) is 0 Å². The van der Waals surface area contributed by atoms with Crippen LogP contribution in [-0.4, -0.2) is 56.5 Å². The van der Waals surface area contributed by atoms with Crippen LogP contribution in [0.1, 0.15) is 2.85 Å². The zero-order chi connectivity index (χ0) is 3.58. The van der Waals surface area contributed by atoms with Crippen LogP contribution >= 0.6 is 0 Å². The van der Waals surface area contributed by atoms with Gasteiger partial charge in [-0.3, -0.25) is 4.46 Å². The van der Waals surface area contributed by atoms with Crippen molar-refractivity contribution in [1.29, 1.82) is 0 Å². The molecule has 0 aliphatic rings. The van der Waals surface area contributed by atoms with Crippen LogP contribution in [-0.2, 0) is 37.2 Å². The Balaban J connectivity index is -0.00000000750. The molecule has 0 aromatic carbocycles. The molecule has 0 heterocycles. The van der Waals surface area contributed by atoms with Gasteiger partial charge in [0.2, 0.25) is 0 Å². The monoisotopic (exact) mass is 209 g/mol. The zero-order valence-corrected chi connectivity index (χ0v) is 9.13. The third-order valence-corrected chi connectivity index (χ3v) is 0. The van der Waals surface area contributed by atoms with Crippen molar-refractivity contribution in [1.82, 2.24) is 0 Å². The molecule has 0 aliphatic heterocycles. The molecule has 0 rings (SSSR count). The van der Waals surface area contributed by atoms with Crippen LogP contribution in [0, 0.1) is 0 Å². The van der Waals surface area contributed by atoms with E-state index in [9.17, 15) is 0 Å². The molecule has 0 bridgehead atoms. The molecule has 0 aromatic heterocycles. The smallest absolute Gasteiger partial charge is 1.00 e. The molecule has 0 aliphatic carbocycles. The van der Waals surface area contributed by atoms with E-state index in [1.54, 1.807) is 0 Å². The first-order chi connectivity index (χ1) is 1.73. The Hall–Kier alpha value is 1.98. The maximum atomic E-state index is 8.74. The van der Waals surface area contributed by atoms with Gasteiger partial charge in [-0.05, 0) is 0 Å². The molecule has 2 N–H and O–H groups in total. The Morgan fingerprint density at radius 3 is 1.50 bits per heavy atom. The zero-order valence-electron chi connectivity index (χ0n) is 5.09. The molecule has 0 spiro atoms. The largest absolute Gasteiger partial charge is 2.00 e. The van der Waals surface area contributed by atoms with Crippen molar-refractivity contribution in [3.63, 3.8) is 0 Å². The average Bonchev–Trinajstić information content (AvgIpc) is 0.811. The molecule has 0 fully saturated rings. The van der Waals surface area contributed by atoms with Gasteiger partial charge in [-0.2, -0.15) is 0 Å². The molecule has 0 saturated carbocycles. The summed E-state index contributed by atoms with van der Waals surface area (Å²) in [7, 11) is -3.13. The first kappa shape index (κ1) is 15.7. The van der Waals surface area contributed by atoms with E-state index in [1.165, 1.54) is 0 Å². The van der Waals surface area contributed by atoms with Crippen LogP contribution < -0.4 is 0 Å². The van der Waals surface area contributed by atoms with Gasteiger partial charge in [-0.25, -0.2) is 0 Å². The van der Waals surface area contributed by atoms with E-state index < -0.39 is 9.17 Å². The van der Waals surface area contributed by atoms with Crippen molar-refractivity contribution >= 4 is 46.9 Å². The molecule has 0 saturated heterocycles. The Bertz CT molecular complexity index is 40.3. The van der Waals surface area contributed by atoms with Gasteiger partial charge in [0.1, 0.15) is 0 Å². The number of hydrogen-bond donors (Lipinski definition) is 2. The van der Waals surface area contributed by atoms with Gasteiger partial charge >= 0.3 is 46.9 Å². The van der Waals surface area contributed by atoms with Crippen molar-refractivity contribution in [2.45, 2.75) is 0 Å². The van der Waals surface area contributed by atoms with E-state index in [-0.39, 0.29) is 73.3 Å². The van der Waals surface area contributed by atoms with Gasteiger partial charge in [0.15, 0.2) is 0 Å². The van der Waals surface area contributed by atoms with E-state index in [4.69, 9.17) is 14.1 Å². The second kappa shape index (κ2) is 10.1. The van der Waals surface area contributed by atoms with Crippen molar-refractivity contribution in [2.24, 2.45) is 0 Å². The molecule has 6 heavy (non-hydrogen) atoms. The van der Waals surface area contributed by atoms with Crippen molar-refractivity contribution in [3.8, 4) is 0 Å². The molecule has 0 atom stereocenters. The summed E-state index contributed by atoms with van der Waals surface area (Å²) >= 11 is 0. The van der Waals surface area contributed by atoms with E-state index in [1.807, 2.05) is 0 Å². The summed E-state index contributed by atoms with van der Waals surface area (Å²) in [6, 6.07) is 0. The summed E-state index contributed by atoms with van der Waals surface area (Å²) in [5.41, 5.74) is 0. The number of hydrogen-bond acceptors (Lipinski definition) is 1. The van der Waals surface area contributed by atoms with E-state index in [0.717, 1.165) is 0 Å². The molecular weight excluding hydrogens is 205 g/mol. The Kier molecular flexibility index (Phi) is 26.3. The maximum absolute atomic E-state index is 8.74. The molecule has 0 amide bonds. The van der Waals surface area contributed by atoms with Gasteiger partial charge in [0.05, 0.1) is 0 Å². The molecule has 0 unspecified atom stereocenters. The number of rotatable bonds is 0. The minimum atomic E-state index is -3.13. The maximum Gasteiger partial charge on any atom is 2.00 e. The summed E-state index contributed by atoms with van der Waals surface area (Å²) in [5, 5.41) is 0. The van der Waals surface area contributed by atoms with Crippen LogP contribution in [0.4, 0.5) is 0 Å². The second-order valence-corrected chi connectivity index (χ2v) is 0.848. The Labute approximate surface area is 94.9 Å². The van der Waals surface area contributed by atoms with Crippen LogP contribution in [0.3, 0.4) is 0 Å². The summed E-state index contributed by atoms with van der Waals surface area (Å²) in [5.74, 6) is 0. The summed E-state index contributed by atoms with van der Waals surface area (Å²) in [4.78, 5) is 14.3. The van der Waals surface area contributed by atoms with Gasteiger partial charge < -0.3 is 12.4 Å². The Morgan fingerprint density at radius 1 is 1.50 bits per heavy atom. The second-order valence-electron chi connectivity index (χ2n) is 0.283. The first-order valence-corrected chi connectivity index (χ1v) is 1.95. The summed E-state index contributed by atoms with van der Waals surface area (Å²) in [6.45, 7) is 0. The molecule has 3 nitrogen and oxygen atoms in total. The topological polar surface area (TPSA) is 57.5 Å². The average molecular weight is 209 g/mol. The van der Waals surface area contributed by atoms with Gasteiger partial charge in [0.25, 0.3) is 0 Å². The molecule has 6 heteroatoms. The third-order valence-electron chi connectivity index (χ3n) is 0. The minimum Gasteiger partial charge on any atom is -1.00 e. The SMILES string of the molecule is O=[Si](O)O.[Ca+2].[H-].[H-].[Y]. The quantitative estimate of drug-likeness (QED) is 0.464. The first-order valence-electron chi connectivity index (χ1n) is 0.651. The summed E-state index contributed by atoms with van der Waals surface area (Å²) < 4.78 is 8.74. The van der Waals surface area contributed by atoms with E-state index in [0.29, 0.717) is 0 Å². The van der Waals surface area contributed by atoms with Crippen LogP contribution in [0.5, 0.6) is 0 Å². The van der Waals surface area contributed by atoms with Crippen LogP contribution in [0.15, 0.2) is 0 Å². The van der Waals surface area contributed by atoms with Crippen molar-refractivity contribution in [3.05, 3.63) is 0 Å². The van der Waals surface area contributed by atoms with Crippen molar-refractivity contribution < 1.29 is 49.6 Å². The fraction of sp³-hybridized carbons (Fsp3) is 0. The third kappa shape index (κ3) is 37.8. The van der Waals surface area contributed by atoms with Crippen LogP contribution in [0.25, 0.3) is 0 Å². The molecule has 1 radical (unpaired) electrons. The summed E-state index contributed by atoms with van der Waals surface area (Å²) in [6.07, 6.45) is 0. The fourth-order valence-corrected chi connectivity index (χ4v) is 0. The van der Waals surface area contributed by atoms with E-state index >= 15 is 0 Å². The van der Waals surface area contributed by atoms with Crippen molar-refractivity contribution in [2.75, 3.05) is 0 Å². The van der Waals surface area contributed by atoms with Gasteiger partial charge in [-0.15, -0.1) is 0 Å². The van der Waals surface area contributed by atoms with Gasteiger partial charge in [0, 0.05) is 32.7 Å². The predicted octanol–water partition coefficient (Wildman–Crippen LogP) is -1.77. The van der Waals surface area contributed by atoms with E-state index in [2.05, 4.69) is 0 Å². The standard InChI is InChI=1S/Ca.H2O3Si.Y.2H/c;1-4(2)3;;;/h;1-2H;;;/q+2;;;2*-1. The Morgan fingerprint density at radius 2 is 1.50 bits per heavy atom.